The third-order valence-electron chi connectivity index (χ3n) is 4.45. The van der Waals surface area contributed by atoms with E-state index in [1.54, 1.807) is 17.0 Å². The number of sulfone groups is 1. The van der Waals surface area contributed by atoms with Crippen LogP contribution in [-0.4, -0.2) is 38.6 Å². The van der Waals surface area contributed by atoms with Crippen LogP contribution in [0.1, 0.15) is 55.3 Å². The van der Waals surface area contributed by atoms with Crippen LogP contribution in [0, 0.1) is 0 Å². The molecule has 0 aliphatic heterocycles. The van der Waals surface area contributed by atoms with Gasteiger partial charge in [-0.05, 0) is 31.0 Å². The topological polar surface area (TPSA) is 54.5 Å². The second-order valence-corrected chi connectivity index (χ2v) is 8.23. The lowest BCUT2D eigenvalue weighted by molar-refractivity contribution is 0.0706. The van der Waals surface area contributed by atoms with E-state index in [1.807, 2.05) is 7.05 Å². The maximum atomic E-state index is 12.7. The molecule has 1 amide bonds. The van der Waals surface area contributed by atoms with Crippen LogP contribution in [0.25, 0.3) is 0 Å². The van der Waals surface area contributed by atoms with Crippen LogP contribution in [0.5, 0.6) is 0 Å². The Balaban J connectivity index is 2.16. The SMILES string of the molecule is CN(C(=O)c1cccc(S(C)(=O)=O)c1)C1CCCCCCC1. The van der Waals surface area contributed by atoms with Gasteiger partial charge in [0.25, 0.3) is 5.91 Å². The third-order valence-corrected chi connectivity index (χ3v) is 5.56. The van der Waals surface area contributed by atoms with Crippen molar-refractivity contribution in [2.45, 2.75) is 55.9 Å². The fourth-order valence-electron chi connectivity index (χ4n) is 3.05. The quantitative estimate of drug-likeness (QED) is 0.858. The van der Waals surface area contributed by atoms with Gasteiger partial charge >= 0.3 is 0 Å². The van der Waals surface area contributed by atoms with Crippen molar-refractivity contribution in [3.05, 3.63) is 29.8 Å². The molecule has 1 aromatic carbocycles. The van der Waals surface area contributed by atoms with Gasteiger partial charge in [0, 0.05) is 24.9 Å². The van der Waals surface area contributed by atoms with E-state index in [4.69, 9.17) is 0 Å². The van der Waals surface area contributed by atoms with Crippen LogP contribution < -0.4 is 0 Å². The molecule has 22 heavy (non-hydrogen) atoms. The minimum atomic E-state index is -3.29. The first-order chi connectivity index (χ1) is 10.4. The summed E-state index contributed by atoms with van der Waals surface area (Å²) in [6.45, 7) is 0. The minimum Gasteiger partial charge on any atom is -0.339 e. The van der Waals surface area contributed by atoms with Crippen LogP contribution in [-0.2, 0) is 9.84 Å². The van der Waals surface area contributed by atoms with Gasteiger partial charge in [0.1, 0.15) is 0 Å². The monoisotopic (exact) mass is 323 g/mol. The van der Waals surface area contributed by atoms with Crippen LogP contribution in [0.15, 0.2) is 29.2 Å². The second-order valence-electron chi connectivity index (χ2n) is 6.21. The molecular weight excluding hydrogens is 298 g/mol. The summed E-state index contributed by atoms with van der Waals surface area (Å²) in [6, 6.07) is 6.60. The molecule has 1 aromatic rings. The molecule has 0 N–H and O–H groups in total. The Morgan fingerprint density at radius 3 is 2.27 bits per heavy atom. The van der Waals surface area contributed by atoms with Crippen molar-refractivity contribution < 1.29 is 13.2 Å². The Bertz CT molecular complexity index is 617. The summed E-state index contributed by atoms with van der Waals surface area (Å²) in [7, 11) is -1.46. The zero-order valence-electron chi connectivity index (χ0n) is 13.4. The molecule has 1 aliphatic carbocycles. The normalized spacial score (nSPS) is 17.5. The smallest absolute Gasteiger partial charge is 0.253 e. The highest BCUT2D eigenvalue weighted by molar-refractivity contribution is 7.90. The Hall–Kier alpha value is -1.36. The number of nitrogens with zero attached hydrogens (tertiary/aromatic N) is 1. The van der Waals surface area contributed by atoms with E-state index < -0.39 is 9.84 Å². The molecule has 122 valence electrons. The van der Waals surface area contributed by atoms with Gasteiger partial charge in [-0.2, -0.15) is 0 Å². The number of hydrogen-bond donors (Lipinski definition) is 0. The first kappa shape index (κ1) is 17.0. The molecule has 0 heterocycles. The molecule has 0 radical (unpaired) electrons. The maximum Gasteiger partial charge on any atom is 0.253 e. The largest absolute Gasteiger partial charge is 0.339 e. The number of carbonyl (C=O) groups excluding carboxylic acids is 1. The van der Waals surface area contributed by atoms with E-state index in [9.17, 15) is 13.2 Å². The van der Waals surface area contributed by atoms with Gasteiger partial charge < -0.3 is 4.90 Å². The van der Waals surface area contributed by atoms with Gasteiger partial charge in [-0.3, -0.25) is 4.79 Å². The Morgan fingerprint density at radius 2 is 1.68 bits per heavy atom. The van der Waals surface area contributed by atoms with Gasteiger partial charge in [-0.25, -0.2) is 8.42 Å². The highest BCUT2D eigenvalue weighted by atomic mass is 32.2. The molecule has 2 rings (SSSR count). The Kier molecular flexibility index (Phi) is 5.62. The van der Waals surface area contributed by atoms with Crippen LogP contribution in [0.2, 0.25) is 0 Å². The van der Waals surface area contributed by atoms with Crippen molar-refractivity contribution in [3.63, 3.8) is 0 Å². The van der Waals surface area contributed by atoms with Crippen molar-refractivity contribution in [3.8, 4) is 0 Å². The lowest BCUT2D eigenvalue weighted by Crippen LogP contribution is -2.37. The van der Waals surface area contributed by atoms with Crippen molar-refractivity contribution in [1.29, 1.82) is 0 Å². The summed E-state index contributed by atoms with van der Waals surface area (Å²) in [4.78, 5) is 14.6. The van der Waals surface area contributed by atoms with E-state index in [0.717, 1.165) is 31.9 Å². The predicted molar refractivity (Wildman–Crippen MR) is 87.8 cm³/mol. The van der Waals surface area contributed by atoms with Gasteiger partial charge in [-0.15, -0.1) is 0 Å². The molecule has 0 spiro atoms. The molecule has 0 bridgehead atoms. The van der Waals surface area contributed by atoms with E-state index in [2.05, 4.69) is 0 Å². The van der Waals surface area contributed by atoms with Crippen LogP contribution >= 0.6 is 0 Å². The molecule has 0 aromatic heterocycles. The highest BCUT2D eigenvalue weighted by Gasteiger charge is 2.22. The first-order valence-corrected chi connectivity index (χ1v) is 9.86. The Morgan fingerprint density at radius 1 is 1.09 bits per heavy atom. The molecule has 4 nitrogen and oxygen atoms in total. The van der Waals surface area contributed by atoms with Crippen molar-refractivity contribution >= 4 is 15.7 Å². The summed E-state index contributed by atoms with van der Waals surface area (Å²) in [6.07, 6.45) is 9.32. The molecular formula is C17H25NO3S. The van der Waals surface area contributed by atoms with Gasteiger partial charge in [0.2, 0.25) is 0 Å². The zero-order valence-corrected chi connectivity index (χ0v) is 14.2. The number of hydrogen-bond acceptors (Lipinski definition) is 3. The molecule has 1 fully saturated rings. The van der Waals surface area contributed by atoms with E-state index in [1.165, 1.54) is 31.4 Å². The number of carbonyl (C=O) groups is 1. The Labute approximate surface area is 133 Å². The van der Waals surface area contributed by atoms with Gasteiger partial charge in [0.05, 0.1) is 4.90 Å². The van der Waals surface area contributed by atoms with Crippen molar-refractivity contribution in [1.82, 2.24) is 4.90 Å². The van der Waals surface area contributed by atoms with Gasteiger partial charge in [0.15, 0.2) is 9.84 Å². The molecule has 0 saturated heterocycles. The number of amides is 1. The van der Waals surface area contributed by atoms with Crippen molar-refractivity contribution in [2.24, 2.45) is 0 Å². The molecule has 0 unspecified atom stereocenters. The lowest BCUT2D eigenvalue weighted by atomic mass is 9.95. The van der Waals surface area contributed by atoms with E-state index >= 15 is 0 Å². The van der Waals surface area contributed by atoms with Crippen LogP contribution in [0.3, 0.4) is 0 Å². The third kappa shape index (κ3) is 4.32. The summed E-state index contributed by atoms with van der Waals surface area (Å²) in [5, 5.41) is 0. The highest BCUT2D eigenvalue weighted by Crippen LogP contribution is 2.22. The maximum absolute atomic E-state index is 12.7. The summed E-state index contributed by atoms with van der Waals surface area (Å²) in [5.74, 6) is -0.0870. The predicted octanol–water partition coefficient (Wildman–Crippen LogP) is 3.28. The summed E-state index contributed by atoms with van der Waals surface area (Å²) in [5.41, 5.74) is 0.451. The molecule has 1 saturated carbocycles. The average Bonchev–Trinajstić information content (AvgIpc) is 2.45. The fourth-order valence-corrected chi connectivity index (χ4v) is 3.72. The fraction of sp³-hybridized carbons (Fsp3) is 0.588. The number of benzene rings is 1. The lowest BCUT2D eigenvalue weighted by Gasteiger charge is -2.30. The first-order valence-electron chi connectivity index (χ1n) is 7.97. The molecule has 5 heteroatoms. The van der Waals surface area contributed by atoms with Gasteiger partial charge in [-0.1, -0.05) is 38.2 Å². The van der Waals surface area contributed by atoms with Crippen LogP contribution in [0.4, 0.5) is 0 Å². The second kappa shape index (κ2) is 7.27. The summed E-state index contributed by atoms with van der Waals surface area (Å²) < 4.78 is 23.3. The zero-order chi connectivity index (χ0) is 16.2. The van der Waals surface area contributed by atoms with E-state index in [0.29, 0.717) is 5.56 Å². The molecule has 1 aliphatic rings. The van der Waals surface area contributed by atoms with E-state index in [-0.39, 0.29) is 16.8 Å². The molecule has 0 atom stereocenters. The van der Waals surface area contributed by atoms with Crippen molar-refractivity contribution in [2.75, 3.05) is 13.3 Å². The summed E-state index contributed by atoms with van der Waals surface area (Å²) >= 11 is 0. The standard InChI is InChI=1S/C17H25NO3S/c1-18(15-10-6-4-3-5-7-11-15)17(19)14-9-8-12-16(13-14)22(2,20)21/h8-9,12-13,15H,3-7,10-11H2,1-2H3. The minimum absolute atomic E-state index is 0.0870. The average molecular weight is 323 g/mol. The number of rotatable bonds is 3.